The first-order valence-electron chi connectivity index (χ1n) is 9.94. The summed E-state index contributed by atoms with van der Waals surface area (Å²) >= 11 is 5.88. The van der Waals surface area contributed by atoms with Crippen molar-refractivity contribution in [3.8, 4) is 0 Å². The van der Waals surface area contributed by atoms with E-state index in [1.54, 1.807) is 0 Å². The Morgan fingerprint density at radius 1 is 0.923 bits per heavy atom. The molecule has 26 heavy (non-hydrogen) atoms. The van der Waals surface area contributed by atoms with Gasteiger partial charge in [0.25, 0.3) is 0 Å². The highest BCUT2D eigenvalue weighted by molar-refractivity contribution is 6.30. The Kier molecular flexibility index (Phi) is 6.95. The molecule has 1 aliphatic heterocycles. The van der Waals surface area contributed by atoms with Crippen molar-refractivity contribution in [2.24, 2.45) is 11.8 Å². The van der Waals surface area contributed by atoms with E-state index in [-0.39, 0.29) is 17.7 Å². The lowest BCUT2D eigenvalue weighted by Gasteiger charge is -2.31. The highest BCUT2D eigenvalue weighted by Crippen LogP contribution is 2.31. The van der Waals surface area contributed by atoms with Gasteiger partial charge in [0.15, 0.2) is 0 Å². The summed E-state index contributed by atoms with van der Waals surface area (Å²) in [6, 6.07) is 7.53. The van der Waals surface area contributed by atoms with E-state index >= 15 is 0 Å². The van der Waals surface area contributed by atoms with Gasteiger partial charge in [0.1, 0.15) is 0 Å². The molecule has 0 spiro atoms. The van der Waals surface area contributed by atoms with Crippen molar-refractivity contribution in [1.29, 1.82) is 0 Å². The zero-order chi connectivity index (χ0) is 18.4. The molecule has 0 unspecified atom stereocenters. The number of amides is 2. The molecule has 1 aliphatic carbocycles. The molecular formula is C21H29ClN2O2. The van der Waals surface area contributed by atoms with E-state index in [1.807, 2.05) is 24.3 Å². The molecule has 1 heterocycles. The predicted molar refractivity (Wildman–Crippen MR) is 104 cm³/mol. The van der Waals surface area contributed by atoms with E-state index in [4.69, 9.17) is 11.6 Å². The minimum absolute atomic E-state index is 0.0375. The highest BCUT2D eigenvalue weighted by Gasteiger charge is 2.32. The van der Waals surface area contributed by atoms with E-state index in [1.165, 1.54) is 12.8 Å². The quantitative estimate of drug-likeness (QED) is 0.857. The molecule has 0 aromatic heterocycles. The lowest BCUT2D eigenvalue weighted by molar-refractivity contribution is -0.138. The van der Waals surface area contributed by atoms with Gasteiger partial charge in [0.05, 0.1) is 0 Å². The molecule has 0 atom stereocenters. The summed E-state index contributed by atoms with van der Waals surface area (Å²) in [6.07, 6.45) is 8.06. The van der Waals surface area contributed by atoms with Gasteiger partial charge in [-0.05, 0) is 56.2 Å². The molecule has 1 saturated carbocycles. The van der Waals surface area contributed by atoms with Crippen molar-refractivity contribution >= 4 is 23.4 Å². The number of halogens is 1. The standard InChI is InChI=1S/C21H29ClN2O2/c22-19-11-5-16(6-12-19)15-23-20(25)17-7-9-18(10-8-17)21(26)24-13-3-1-2-4-14-24/h5-6,11-12,17-18H,1-4,7-10,13-15H2,(H,23,25). The van der Waals surface area contributed by atoms with Gasteiger partial charge < -0.3 is 10.2 Å². The average molecular weight is 377 g/mol. The van der Waals surface area contributed by atoms with E-state index in [2.05, 4.69) is 10.2 Å². The summed E-state index contributed by atoms with van der Waals surface area (Å²) < 4.78 is 0. The van der Waals surface area contributed by atoms with E-state index in [9.17, 15) is 9.59 Å². The second-order valence-electron chi connectivity index (χ2n) is 7.63. The monoisotopic (exact) mass is 376 g/mol. The van der Waals surface area contributed by atoms with E-state index in [0.717, 1.165) is 57.2 Å². The first-order chi connectivity index (χ1) is 12.6. The number of nitrogens with zero attached hydrogens (tertiary/aromatic N) is 1. The van der Waals surface area contributed by atoms with Crippen LogP contribution in [-0.4, -0.2) is 29.8 Å². The zero-order valence-corrected chi connectivity index (χ0v) is 16.1. The third-order valence-corrected chi connectivity index (χ3v) is 6.00. The van der Waals surface area contributed by atoms with Crippen LogP contribution in [-0.2, 0) is 16.1 Å². The van der Waals surface area contributed by atoms with Crippen molar-refractivity contribution in [3.05, 3.63) is 34.9 Å². The Morgan fingerprint density at radius 3 is 2.12 bits per heavy atom. The first-order valence-corrected chi connectivity index (χ1v) is 10.3. The van der Waals surface area contributed by atoms with Crippen LogP contribution in [0.15, 0.2) is 24.3 Å². The second kappa shape index (κ2) is 9.40. The van der Waals surface area contributed by atoms with Crippen molar-refractivity contribution in [3.63, 3.8) is 0 Å². The summed E-state index contributed by atoms with van der Waals surface area (Å²) in [5.41, 5.74) is 1.05. The smallest absolute Gasteiger partial charge is 0.225 e. The number of carbonyl (C=O) groups excluding carboxylic acids is 2. The summed E-state index contributed by atoms with van der Waals surface area (Å²) in [5, 5.41) is 3.73. The Morgan fingerprint density at radius 2 is 1.50 bits per heavy atom. The molecule has 3 rings (SSSR count). The van der Waals surface area contributed by atoms with Gasteiger partial charge in [-0.25, -0.2) is 0 Å². The van der Waals surface area contributed by atoms with Crippen molar-refractivity contribution < 1.29 is 9.59 Å². The second-order valence-corrected chi connectivity index (χ2v) is 8.07. The molecule has 0 bridgehead atoms. The molecule has 5 heteroatoms. The molecule has 1 saturated heterocycles. The van der Waals surface area contributed by atoms with Crippen molar-refractivity contribution in [1.82, 2.24) is 10.2 Å². The van der Waals surface area contributed by atoms with Crippen LogP contribution in [0.25, 0.3) is 0 Å². The van der Waals surface area contributed by atoms with Crippen LogP contribution in [0, 0.1) is 11.8 Å². The fourth-order valence-electron chi connectivity index (χ4n) is 4.09. The van der Waals surface area contributed by atoms with Crippen LogP contribution in [0.2, 0.25) is 5.02 Å². The van der Waals surface area contributed by atoms with Crippen LogP contribution >= 0.6 is 11.6 Å². The predicted octanol–water partition coefficient (Wildman–Crippen LogP) is 4.17. The van der Waals surface area contributed by atoms with Crippen LogP contribution in [0.4, 0.5) is 0 Å². The topological polar surface area (TPSA) is 49.4 Å². The van der Waals surface area contributed by atoms with Crippen LogP contribution in [0.5, 0.6) is 0 Å². The molecule has 142 valence electrons. The summed E-state index contributed by atoms with van der Waals surface area (Å²) in [7, 11) is 0. The minimum atomic E-state index is 0.0375. The SMILES string of the molecule is O=C(NCc1ccc(Cl)cc1)C1CCC(C(=O)N2CCCCCC2)CC1. The Balaban J connectivity index is 1.43. The maximum absolute atomic E-state index is 12.7. The summed E-state index contributed by atoms with van der Waals surface area (Å²) in [4.78, 5) is 27.2. The average Bonchev–Trinajstić information content (AvgIpc) is 2.96. The number of nitrogens with one attached hydrogen (secondary N) is 1. The molecule has 1 aromatic carbocycles. The first kappa shape index (κ1) is 19.2. The van der Waals surface area contributed by atoms with Crippen LogP contribution in [0.1, 0.15) is 56.9 Å². The third-order valence-electron chi connectivity index (χ3n) is 5.74. The van der Waals surface area contributed by atoms with Crippen LogP contribution in [0.3, 0.4) is 0 Å². The van der Waals surface area contributed by atoms with Gasteiger partial charge in [-0.1, -0.05) is 36.6 Å². The number of hydrogen-bond donors (Lipinski definition) is 1. The van der Waals surface area contributed by atoms with Gasteiger partial charge in [-0.2, -0.15) is 0 Å². The van der Waals surface area contributed by atoms with Gasteiger partial charge in [-0.3, -0.25) is 9.59 Å². The molecule has 2 aliphatic rings. The molecule has 0 radical (unpaired) electrons. The number of benzene rings is 1. The minimum Gasteiger partial charge on any atom is -0.352 e. The van der Waals surface area contributed by atoms with Gasteiger partial charge in [0, 0.05) is 36.5 Å². The fourth-order valence-corrected chi connectivity index (χ4v) is 4.21. The van der Waals surface area contributed by atoms with Gasteiger partial charge >= 0.3 is 0 Å². The lowest BCUT2D eigenvalue weighted by atomic mass is 9.81. The van der Waals surface area contributed by atoms with Crippen LogP contribution < -0.4 is 5.32 Å². The maximum Gasteiger partial charge on any atom is 0.225 e. The highest BCUT2D eigenvalue weighted by atomic mass is 35.5. The fraction of sp³-hybridized carbons (Fsp3) is 0.619. The largest absolute Gasteiger partial charge is 0.352 e. The number of likely N-dealkylation sites (tertiary alicyclic amines) is 1. The van der Waals surface area contributed by atoms with Gasteiger partial charge in [0.2, 0.25) is 11.8 Å². The third kappa shape index (κ3) is 5.23. The van der Waals surface area contributed by atoms with Gasteiger partial charge in [-0.15, -0.1) is 0 Å². The Hall–Kier alpha value is -1.55. The molecule has 1 N–H and O–H groups in total. The zero-order valence-electron chi connectivity index (χ0n) is 15.4. The summed E-state index contributed by atoms with van der Waals surface area (Å²) in [6.45, 7) is 2.36. The molecular weight excluding hydrogens is 348 g/mol. The number of rotatable bonds is 4. The maximum atomic E-state index is 12.7. The molecule has 2 amide bonds. The van der Waals surface area contributed by atoms with Crippen molar-refractivity contribution in [2.45, 2.75) is 57.9 Å². The van der Waals surface area contributed by atoms with E-state index < -0.39 is 0 Å². The Bertz CT molecular complexity index is 601. The molecule has 2 fully saturated rings. The normalized spacial score (nSPS) is 24.0. The van der Waals surface area contributed by atoms with E-state index in [0.29, 0.717) is 17.5 Å². The molecule has 1 aromatic rings. The Labute approximate surface area is 161 Å². The number of hydrogen-bond acceptors (Lipinski definition) is 2. The summed E-state index contributed by atoms with van der Waals surface area (Å²) in [5.74, 6) is 0.594. The van der Waals surface area contributed by atoms with Crippen molar-refractivity contribution in [2.75, 3.05) is 13.1 Å². The molecule has 4 nitrogen and oxygen atoms in total. The number of carbonyl (C=O) groups is 2. The lowest BCUT2D eigenvalue weighted by Crippen LogP contribution is -2.40.